The molecule has 0 fully saturated rings. The topological polar surface area (TPSA) is 63.6 Å². The molecule has 0 aromatic heterocycles. The van der Waals surface area contributed by atoms with Crippen molar-refractivity contribution < 1.29 is 17.7 Å². The number of hydrogen-bond acceptors (Lipinski definition) is 4. The largest absolute Gasteiger partial charge is 0.508 e. The number of phenols is 1. The first kappa shape index (κ1) is 14.6. The van der Waals surface area contributed by atoms with Crippen LogP contribution in [-0.4, -0.2) is 13.5 Å². The van der Waals surface area contributed by atoms with Crippen LogP contribution in [0.1, 0.15) is 19.4 Å². The second kappa shape index (κ2) is 5.26. The Balaban J connectivity index is 2.30. The van der Waals surface area contributed by atoms with E-state index in [0.29, 0.717) is 0 Å². The van der Waals surface area contributed by atoms with Crippen LogP contribution in [0.15, 0.2) is 59.5 Å². The maximum absolute atomic E-state index is 12.2. The number of phenolic OH excluding ortho intramolecular Hbond substituents is 1. The van der Waals surface area contributed by atoms with E-state index in [1.165, 1.54) is 24.3 Å². The van der Waals surface area contributed by atoms with E-state index in [1.807, 2.05) is 30.3 Å². The van der Waals surface area contributed by atoms with E-state index in [1.54, 1.807) is 13.8 Å². The maximum atomic E-state index is 12.2. The van der Waals surface area contributed by atoms with Crippen LogP contribution in [0, 0.1) is 0 Å². The fraction of sp³-hybridized carbons (Fsp3) is 0.200. The Hall–Kier alpha value is -1.85. The van der Waals surface area contributed by atoms with Gasteiger partial charge in [0.25, 0.3) is 10.1 Å². The van der Waals surface area contributed by atoms with Crippen molar-refractivity contribution in [2.75, 3.05) is 0 Å². The summed E-state index contributed by atoms with van der Waals surface area (Å²) in [6.45, 7) is 3.39. The minimum absolute atomic E-state index is 0.00581. The van der Waals surface area contributed by atoms with Crippen molar-refractivity contribution in [3.8, 4) is 5.75 Å². The van der Waals surface area contributed by atoms with Gasteiger partial charge in [0, 0.05) is 0 Å². The molecule has 2 aromatic rings. The van der Waals surface area contributed by atoms with Crippen molar-refractivity contribution in [1.29, 1.82) is 0 Å². The Morgan fingerprint density at radius 2 is 1.50 bits per heavy atom. The van der Waals surface area contributed by atoms with Crippen LogP contribution < -0.4 is 0 Å². The molecule has 0 amide bonds. The molecule has 0 saturated carbocycles. The van der Waals surface area contributed by atoms with Crippen LogP contribution in [0.3, 0.4) is 0 Å². The minimum Gasteiger partial charge on any atom is -0.508 e. The van der Waals surface area contributed by atoms with Crippen molar-refractivity contribution in [2.45, 2.75) is 24.3 Å². The van der Waals surface area contributed by atoms with Crippen molar-refractivity contribution in [2.24, 2.45) is 0 Å². The molecule has 20 heavy (non-hydrogen) atoms. The number of hydrogen-bond donors (Lipinski definition) is 1. The number of aromatic hydroxyl groups is 1. The van der Waals surface area contributed by atoms with Gasteiger partial charge < -0.3 is 5.11 Å². The second-order valence-electron chi connectivity index (χ2n) is 4.91. The number of benzene rings is 2. The molecule has 2 aromatic carbocycles. The van der Waals surface area contributed by atoms with E-state index in [4.69, 9.17) is 4.18 Å². The van der Waals surface area contributed by atoms with Crippen molar-refractivity contribution in [3.05, 3.63) is 60.2 Å². The van der Waals surface area contributed by atoms with Gasteiger partial charge in [-0.05, 0) is 43.7 Å². The molecule has 0 aliphatic rings. The van der Waals surface area contributed by atoms with Gasteiger partial charge in [0.15, 0.2) is 0 Å². The van der Waals surface area contributed by atoms with Gasteiger partial charge in [-0.2, -0.15) is 8.42 Å². The lowest BCUT2D eigenvalue weighted by Gasteiger charge is -2.25. The van der Waals surface area contributed by atoms with Gasteiger partial charge in [-0.1, -0.05) is 30.3 Å². The normalized spacial score (nSPS) is 12.3. The molecule has 0 aliphatic heterocycles. The number of rotatable bonds is 4. The van der Waals surface area contributed by atoms with Crippen LogP contribution in [0.5, 0.6) is 5.75 Å². The lowest BCUT2D eigenvalue weighted by Crippen LogP contribution is -2.25. The summed E-state index contributed by atoms with van der Waals surface area (Å²) in [6, 6.07) is 14.4. The average Bonchev–Trinajstić information content (AvgIpc) is 2.39. The first-order valence-electron chi connectivity index (χ1n) is 6.11. The fourth-order valence-electron chi connectivity index (χ4n) is 1.82. The monoisotopic (exact) mass is 292 g/mol. The quantitative estimate of drug-likeness (QED) is 0.880. The lowest BCUT2D eigenvalue weighted by atomic mass is 9.99. The summed E-state index contributed by atoms with van der Waals surface area (Å²) in [6.07, 6.45) is 0. The molecule has 1 N–H and O–H groups in total. The van der Waals surface area contributed by atoms with Gasteiger partial charge in [0.2, 0.25) is 0 Å². The molecule has 0 heterocycles. The Morgan fingerprint density at radius 1 is 0.950 bits per heavy atom. The standard InChI is InChI=1S/C15H16O4S/c1-15(2,12-6-4-3-5-7-12)19-20(17,18)14-10-8-13(16)9-11-14/h3-11,16H,1-2H3. The Bertz CT molecular complexity index is 674. The highest BCUT2D eigenvalue weighted by Crippen LogP contribution is 2.29. The average molecular weight is 292 g/mol. The Morgan fingerprint density at radius 3 is 2.05 bits per heavy atom. The SMILES string of the molecule is CC(C)(OS(=O)(=O)c1ccc(O)cc1)c1ccccc1. The zero-order valence-corrected chi connectivity index (χ0v) is 12.1. The van der Waals surface area contributed by atoms with E-state index in [2.05, 4.69) is 0 Å². The van der Waals surface area contributed by atoms with Gasteiger partial charge in [-0.3, -0.25) is 4.18 Å². The summed E-state index contributed by atoms with van der Waals surface area (Å²) >= 11 is 0. The highest BCUT2D eigenvalue weighted by Gasteiger charge is 2.29. The molecule has 4 nitrogen and oxygen atoms in total. The fourth-order valence-corrected chi connectivity index (χ4v) is 3.03. The zero-order chi connectivity index (χ0) is 14.8. The lowest BCUT2D eigenvalue weighted by molar-refractivity contribution is 0.117. The summed E-state index contributed by atoms with van der Waals surface area (Å²) in [4.78, 5) is 0.0132. The van der Waals surface area contributed by atoms with Crippen LogP contribution in [0.25, 0.3) is 0 Å². The van der Waals surface area contributed by atoms with Crippen LogP contribution >= 0.6 is 0 Å². The Kier molecular flexibility index (Phi) is 3.83. The highest BCUT2D eigenvalue weighted by molar-refractivity contribution is 7.86. The molecule has 2 rings (SSSR count). The van der Waals surface area contributed by atoms with Crippen LogP contribution in [0.2, 0.25) is 0 Å². The van der Waals surface area contributed by atoms with E-state index in [9.17, 15) is 13.5 Å². The van der Waals surface area contributed by atoms with Crippen LogP contribution in [-0.2, 0) is 19.9 Å². The van der Waals surface area contributed by atoms with Gasteiger partial charge in [-0.25, -0.2) is 0 Å². The first-order chi connectivity index (χ1) is 9.31. The summed E-state index contributed by atoms with van der Waals surface area (Å²) in [5, 5.41) is 9.20. The molecule has 0 saturated heterocycles. The molecule has 0 radical (unpaired) electrons. The third-order valence-corrected chi connectivity index (χ3v) is 4.40. The smallest absolute Gasteiger partial charge is 0.297 e. The van der Waals surface area contributed by atoms with Crippen molar-refractivity contribution in [3.63, 3.8) is 0 Å². The van der Waals surface area contributed by atoms with E-state index in [0.717, 1.165) is 5.56 Å². The van der Waals surface area contributed by atoms with Crippen LogP contribution in [0.4, 0.5) is 0 Å². The summed E-state index contributed by atoms with van der Waals surface area (Å²) in [5.74, 6) is 0.00581. The first-order valence-corrected chi connectivity index (χ1v) is 7.52. The molecule has 0 spiro atoms. The van der Waals surface area contributed by atoms with Gasteiger partial charge >= 0.3 is 0 Å². The third-order valence-electron chi connectivity index (χ3n) is 2.91. The molecule has 0 unspecified atom stereocenters. The second-order valence-corrected chi connectivity index (χ2v) is 6.45. The van der Waals surface area contributed by atoms with Gasteiger partial charge in [0.1, 0.15) is 11.4 Å². The molecule has 0 atom stereocenters. The van der Waals surface area contributed by atoms with Crippen molar-refractivity contribution in [1.82, 2.24) is 0 Å². The Labute approximate surface area is 118 Å². The molecule has 0 aliphatic carbocycles. The summed E-state index contributed by atoms with van der Waals surface area (Å²) in [5.41, 5.74) is -0.208. The molecular formula is C15H16O4S. The van der Waals surface area contributed by atoms with Gasteiger partial charge in [0.05, 0.1) is 4.90 Å². The minimum atomic E-state index is -3.89. The van der Waals surface area contributed by atoms with E-state index < -0.39 is 15.7 Å². The highest BCUT2D eigenvalue weighted by atomic mass is 32.2. The molecule has 5 heteroatoms. The summed E-state index contributed by atoms with van der Waals surface area (Å²) in [7, 11) is -3.89. The van der Waals surface area contributed by atoms with E-state index >= 15 is 0 Å². The van der Waals surface area contributed by atoms with Crippen molar-refractivity contribution >= 4 is 10.1 Å². The third kappa shape index (κ3) is 3.18. The zero-order valence-electron chi connectivity index (χ0n) is 11.3. The molecule has 106 valence electrons. The molecule has 0 bridgehead atoms. The van der Waals surface area contributed by atoms with E-state index in [-0.39, 0.29) is 10.6 Å². The summed E-state index contributed by atoms with van der Waals surface area (Å²) < 4.78 is 29.8. The predicted molar refractivity (Wildman–Crippen MR) is 75.8 cm³/mol. The maximum Gasteiger partial charge on any atom is 0.297 e. The van der Waals surface area contributed by atoms with Gasteiger partial charge in [-0.15, -0.1) is 0 Å². The molecular weight excluding hydrogens is 276 g/mol. The predicted octanol–water partition coefficient (Wildman–Crippen LogP) is 3.03.